The summed E-state index contributed by atoms with van der Waals surface area (Å²) in [7, 11) is 1.65. The number of amides is 2. The first-order valence-electron chi connectivity index (χ1n) is 12.3. The smallest absolute Gasteiger partial charge is 0.357 e. The first-order valence-corrected chi connectivity index (χ1v) is 12.3. The van der Waals surface area contributed by atoms with Crippen molar-refractivity contribution in [3.8, 4) is 16.8 Å². The van der Waals surface area contributed by atoms with Crippen molar-refractivity contribution in [1.29, 1.82) is 0 Å². The average Bonchev–Trinajstić information content (AvgIpc) is 3.38. The lowest BCUT2D eigenvalue weighted by Crippen LogP contribution is -2.23. The van der Waals surface area contributed by atoms with Gasteiger partial charge in [-0.25, -0.2) is 18.9 Å². The molecule has 0 aliphatic rings. The highest BCUT2D eigenvalue weighted by Crippen LogP contribution is 2.31. The summed E-state index contributed by atoms with van der Waals surface area (Å²) in [5.74, 6) is -0.781. The van der Waals surface area contributed by atoms with Crippen molar-refractivity contribution in [2.24, 2.45) is 0 Å². The third-order valence-electron chi connectivity index (χ3n) is 6.13. The number of rotatable bonds is 6. The molecule has 3 N–H and O–H groups in total. The van der Waals surface area contributed by atoms with Crippen molar-refractivity contribution in [3.05, 3.63) is 88.7 Å². The van der Waals surface area contributed by atoms with Crippen molar-refractivity contribution in [2.45, 2.75) is 19.6 Å². The van der Waals surface area contributed by atoms with Gasteiger partial charge in [0.2, 0.25) is 5.95 Å². The number of fused-ring (bicyclic) bond motifs is 1. The van der Waals surface area contributed by atoms with Crippen molar-refractivity contribution < 1.29 is 22.4 Å². The molecule has 0 saturated carbocycles. The number of aryl methyl sites for hydroxylation is 1. The van der Waals surface area contributed by atoms with E-state index < -0.39 is 29.3 Å². The maximum atomic E-state index is 14.8. The summed E-state index contributed by atoms with van der Waals surface area (Å²) in [4.78, 5) is 34.7. The fourth-order valence-corrected chi connectivity index (χ4v) is 4.21. The van der Waals surface area contributed by atoms with E-state index in [1.54, 1.807) is 44.4 Å². The van der Waals surface area contributed by atoms with E-state index in [1.807, 2.05) is 0 Å². The maximum Gasteiger partial charge on any atom is 0.435 e. The van der Waals surface area contributed by atoms with Crippen LogP contribution in [0.4, 0.5) is 39.8 Å². The molecule has 0 bridgehead atoms. The van der Waals surface area contributed by atoms with Gasteiger partial charge in [0, 0.05) is 36.8 Å². The highest BCUT2D eigenvalue weighted by Gasteiger charge is 2.35. The first-order chi connectivity index (χ1) is 19.6. The van der Waals surface area contributed by atoms with Crippen LogP contribution in [-0.4, -0.2) is 37.4 Å². The molecule has 0 aliphatic heterocycles. The predicted molar refractivity (Wildman–Crippen MR) is 146 cm³/mol. The third-order valence-corrected chi connectivity index (χ3v) is 6.13. The molecule has 0 fully saturated rings. The Morgan fingerprint density at radius 1 is 1.02 bits per heavy atom. The van der Waals surface area contributed by atoms with Gasteiger partial charge in [-0.15, -0.1) is 0 Å². The average molecular weight is 567 g/mol. The number of aromatic nitrogens is 5. The van der Waals surface area contributed by atoms with E-state index >= 15 is 0 Å². The van der Waals surface area contributed by atoms with Crippen LogP contribution >= 0.6 is 0 Å². The third kappa shape index (κ3) is 5.44. The summed E-state index contributed by atoms with van der Waals surface area (Å²) in [6.45, 7) is 2.07. The number of urea groups is 1. The number of nitrogens with one attached hydrogen (secondary N) is 3. The summed E-state index contributed by atoms with van der Waals surface area (Å²) in [6, 6.07) is 12.8. The zero-order valence-corrected chi connectivity index (χ0v) is 21.6. The van der Waals surface area contributed by atoms with Crippen LogP contribution in [-0.2, 0) is 12.7 Å². The number of pyridine rings is 1. The number of para-hydroxylation sites is 1. The summed E-state index contributed by atoms with van der Waals surface area (Å²) < 4.78 is 57.2. The van der Waals surface area contributed by atoms with Crippen LogP contribution in [0.25, 0.3) is 27.8 Å². The quantitative estimate of drug-likeness (QED) is 0.233. The molecule has 2 amide bonds. The number of halogens is 4. The molecule has 3 heterocycles. The Hall–Kier alpha value is -5.27. The summed E-state index contributed by atoms with van der Waals surface area (Å²) in [6.07, 6.45) is -3.22. The van der Waals surface area contributed by atoms with Crippen LogP contribution in [0.2, 0.25) is 0 Å². The van der Waals surface area contributed by atoms with Crippen LogP contribution in [0.1, 0.15) is 12.6 Å². The number of hydrogen-bond donors (Lipinski definition) is 3. The highest BCUT2D eigenvalue weighted by atomic mass is 19.4. The molecular weight excluding hydrogens is 544 g/mol. The monoisotopic (exact) mass is 566 g/mol. The largest absolute Gasteiger partial charge is 0.435 e. The van der Waals surface area contributed by atoms with Crippen LogP contribution in [0.3, 0.4) is 0 Å². The highest BCUT2D eigenvalue weighted by molar-refractivity contribution is 6.00. The fraction of sp³-hybridized carbons (Fsp3) is 0.148. The van der Waals surface area contributed by atoms with Crippen LogP contribution < -0.4 is 21.5 Å². The van der Waals surface area contributed by atoms with Gasteiger partial charge in [-0.1, -0.05) is 24.3 Å². The fourth-order valence-electron chi connectivity index (χ4n) is 4.21. The lowest BCUT2D eigenvalue weighted by atomic mass is 10.0. The summed E-state index contributed by atoms with van der Waals surface area (Å²) >= 11 is 0. The molecule has 0 saturated heterocycles. The number of benzene rings is 2. The second-order valence-electron chi connectivity index (χ2n) is 8.76. The minimum Gasteiger partial charge on any atom is -0.357 e. The zero-order valence-electron chi connectivity index (χ0n) is 21.6. The molecule has 0 aliphatic carbocycles. The molecule has 0 spiro atoms. The number of nitrogens with zero attached hydrogens (tertiary/aromatic N) is 5. The normalized spacial score (nSPS) is 11.5. The minimum atomic E-state index is -4.77. The van der Waals surface area contributed by atoms with Gasteiger partial charge in [0.05, 0.1) is 11.4 Å². The molecule has 210 valence electrons. The van der Waals surface area contributed by atoms with Gasteiger partial charge in [0.1, 0.15) is 17.3 Å². The molecule has 3 aromatic heterocycles. The van der Waals surface area contributed by atoms with Crippen molar-refractivity contribution in [2.75, 3.05) is 23.0 Å². The second-order valence-corrected chi connectivity index (χ2v) is 8.76. The molecule has 0 radical (unpaired) electrons. The van der Waals surface area contributed by atoms with Crippen molar-refractivity contribution in [1.82, 2.24) is 24.3 Å². The Kier molecular flexibility index (Phi) is 7.13. The summed E-state index contributed by atoms with van der Waals surface area (Å²) in [5, 5.41) is 11.6. The predicted octanol–water partition coefficient (Wildman–Crippen LogP) is 5.51. The molecule has 5 rings (SSSR count). The molecule has 14 heteroatoms. The number of alkyl halides is 3. The molecular formula is C27H22F4N8O2. The van der Waals surface area contributed by atoms with Gasteiger partial charge in [0.15, 0.2) is 5.69 Å². The molecule has 5 aromatic rings. The van der Waals surface area contributed by atoms with Gasteiger partial charge in [0.25, 0.3) is 5.56 Å². The van der Waals surface area contributed by atoms with Crippen LogP contribution in [0.5, 0.6) is 0 Å². The van der Waals surface area contributed by atoms with Crippen LogP contribution in [0, 0.1) is 5.82 Å². The first kappa shape index (κ1) is 27.3. The van der Waals surface area contributed by atoms with Gasteiger partial charge in [-0.3, -0.25) is 14.7 Å². The number of carbonyl (C=O) groups is 1. The topological polar surface area (TPSA) is 119 Å². The summed E-state index contributed by atoms with van der Waals surface area (Å²) in [5.41, 5.74) is -0.739. The second kappa shape index (κ2) is 10.7. The van der Waals surface area contributed by atoms with E-state index in [4.69, 9.17) is 0 Å². The maximum absolute atomic E-state index is 14.8. The Balaban J connectivity index is 1.48. The minimum absolute atomic E-state index is 0.209. The lowest BCUT2D eigenvalue weighted by molar-refractivity contribution is -0.141. The SMILES string of the molecule is CCn1c(=O)c(-c2ccc(F)c(NC(=O)Nc3cc(C(F)(F)F)nn3-c3ccccc3)c2)cc2cnc(NC)nc21. The molecule has 0 atom stereocenters. The molecule has 10 nitrogen and oxygen atoms in total. The van der Waals surface area contributed by atoms with E-state index in [1.165, 1.54) is 28.8 Å². The Bertz CT molecular complexity index is 1820. The standard InChI is InChI=1S/C27H22F4N8O2/c1-3-38-23-16(14-33-25(32-2)36-23)11-18(24(38)40)15-9-10-19(28)20(12-15)34-26(41)35-22-13-21(27(29,30)31)37-39(22)17-7-5-4-6-8-17/h4-14H,3H2,1-2H3,(H,32,33,36)(H2,34,35,41). The van der Waals surface area contributed by atoms with Gasteiger partial charge < -0.3 is 10.6 Å². The zero-order chi connectivity index (χ0) is 29.3. The Morgan fingerprint density at radius 3 is 2.46 bits per heavy atom. The van der Waals surface area contributed by atoms with E-state index in [9.17, 15) is 27.2 Å². The molecule has 2 aromatic carbocycles. The van der Waals surface area contributed by atoms with E-state index in [2.05, 4.69) is 31.0 Å². The number of anilines is 3. The molecule has 41 heavy (non-hydrogen) atoms. The van der Waals surface area contributed by atoms with Gasteiger partial charge in [-0.2, -0.15) is 23.3 Å². The van der Waals surface area contributed by atoms with Gasteiger partial charge in [-0.05, 0) is 42.8 Å². The van der Waals surface area contributed by atoms with E-state index in [-0.39, 0.29) is 22.8 Å². The lowest BCUT2D eigenvalue weighted by Gasteiger charge is -2.13. The van der Waals surface area contributed by atoms with Crippen molar-refractivity contribution >= 4 is 34.5 Å². The van der Waals surface area contributed by atoms with Gasteiger partial charge >= 0.3 is 12.2 Å². The van der Waals surface area contributed by atoms with Crippen LogP contribution in [0.15, 0.2) is 71.7 Å². The van der Waals surface area contributed by atoms with Crippen molar-refractivity contribution in [3.63, 3.8) is 0 Å². The Morgan fingerprint density at radius 2 is 1.78 bits per heavy atom. The van der Waals surface area contributed by atoms with E-state index in [0.717, 1.165) is 10.7 Å². The Labute approximate surface area is 229 Å². The molecule has 0 unspecified atom stereocenters. The van der Waals surface area contributed by atoms with E-state index in [0.29, 0.717) is 35.2 Å². The number of carbonyl (C=O) groups excluding carboxylic acids is 1. The number of hydrogen-bond acceptors (Lipinski definition) is 6.